The molecule has 1 aromatic rings. The molecule has 2 N–H and O–H groups in total. The van der Waals surface area contributed by atoms with E-state index in [9.17, 15) is 0 Å². The van der Waals surface area contributed by atoms with Crippen molar-refractivity contribution >= 4 is 11.6 Å². The molecular formula is C14H24N4O. The predicted molar refractivity (Wildman–Crippen MR) is 77.7 cm³/mol. The Bertz CT molecular complexity index is 416. The third-order valence-corrected chi connectivity index (χ3v) is 3.61. The second-order valence-electron chi connectivity index (χ2n) is 5.01. The third-order valence-electron chi connectivity index (χ3n) is 3.61. The van der Waals surface area contributed by atoms with E-state index in [4.69, 9.17) is 4.74 Å². The first kappa shape index (κ1) is 14.1. The Morgan fingerprint density at radius 1 is 1.32 bits per heavy atom. The van der Waals surface area contributed by atoms with Gasteiger partial charge in [-0.2, -0.15) is 0 Å². The fourth-order valence-electron chi connectivity index (χ4n) is 2.34. The Kier molecular flexibility index (Phi) is 4.96. The minimum atomic E-state index is 0.698. The second kappa shape index (κ2) is 6.70. The predicted octanol–water partition coefficient (Wildman–Crippen LogP) is 2.23. The first-order valence-corrected chi connectivity index (χ1v) is 7.11. The number of anilines is 2. The molecule has 19 heavy (non-hydrogen) atoms. The van der Waals surface area contributed by atoms with E-state index in [1.54, 1.807) is 0 Å². The maximum atomic E-state index is 5.39. The molecule has 1 atom stereocenters. The molecule has 0 amide bonds. The van der Waals surface area contributed by atoms with Crippen LogP contribution in [0.5, 0.6) is 0 Å². The lowest BCUT2D eigenvalue weighted by atomic mass is 10.1. The zero-order valence-electron chi connectivity index (χ0n) is 12.1. The van der Waals surface area contributed by atoms with E-state index < -0.39 is 0 Å². The van der Waals surface area contributed by atoms with E-state index >= 15 is 0 Å². The molecule has 2 heterocycles. The number of hydrogen-bond acceptors (Lipinski definition) is 5. The van der Waals surface area contributed by atoms with Gasteiger partial charge in [-0.05, 0) is 25.7 Å². The zero-order chi connectivity index (χ0) is 13.7. The van der Waals surface area contributed by atoms with Crippen molar-refractivity contribution < 1.29 is 4.74 Å². The highest BCUT2D eigenvalue weighted by Gasteiger charge is 2.15. The Balaban J connectivity index is 1.97. The summed E-state index contributed by atoms with van der Waals surface area (Å²) in [4.78, 5) is 9.04. The molecule has 1 unspecified atom stereocenters. The molecule has 1 aliphatic heterocycles. The average Bonchev–Trinajstić information content (AvgIpc) is 2.94. The fraction of sp³-hybridized carbons (Fsp3) is 0.714. The third kappa shape index (κ3) is 3.56. The molecular weight excluding hydrogens is 240 g/mol. The van der Waals surface area contributed by atoms with Gasteiger partial charge >= 0.3 is 0 Å². The fourth-order valence-corrected chi connectivity index (χ4v) is 2.34. The molecule has 1 saturated heterocycles. The van der Waals surface area contributed by atoms with Crippen molar-refractivity contribution in [2.45, 2.75) is 33.1 Å². The topological polar surface area (TPSA) is 59.1 Å². The van der Waals surface area contributed by atoms with Crippen LogP contribution in [0.15, 0.2) is 0 Å². The summed E-state index contributed by atoms with van der Waals surface area (Å²) >= 11 is 0. The van der Waals surface area contributed by atoms with Gasteiger partial charge in [0.1, 0.15) is 17.5 Å². The Hall–Kier alpha value is -1.36. The standard InChI is InChI=1S/C14H24N4O/c1-4-12-17-13(15-3)10(2)14(18-12)16-7-5-11-6-8-19-9-11/h11H,4-9H2,1-3H3,(H2,15,16,17,18). The Morgan fingerprint density at radius 2 is 2.11 bits per heavy atom. The molecule has 1 aliphatic rings. The van der Waals surface area contributed by atoms with Crippen molar-refractivity contribution in [2.24, 2.45) is 5.92 Å². The van der Waals surface area contributed by atoms with Crippen LogP contribution in [0.3, 0.4) is 0 Å². The van der Waals surface area contributed by atoms with Crippen LogP contribution in [0.2, 0.25) is 0 Å². The van der Waals surface area contributed by atoms with Crippen LogP contribution in [0.1, 0.15) is 31.2 Å². The van der Waals surface area contributed by atoms with Crippen molar-refractivity contribution in [2.75, 3.05) is 37.4 Å². The van der Waals surface area contributed by atoms with Gasteiger partial charge in [0.15, 0.2) is 0 Å². The number of ether oxygens (including phenoxy) is 1. The maximum absolute atomic E-state index is 5.39. The number of aromatic nitrogens is 2. The molecule has 0 bridgehead atoms. The minimum absolute atomic E-state index is 0.698. The number of nitrogens with one attached hydrogen (secondary N) is 2. The van der Waals surface area contributed by atoms with Gasteiger partial charge in [-0.15, -0.1) is 0 Å². The summed E-state index contributed by atoms with van der Waals surface area (Å²) in [5, 5.41) is 6.57. The van der Waals surface area contributed by atoms with Crippen molar-refractivity contribution in [3.8, 4) is 0 Å². The van der Waals surface area contributed by atoms with Gasteiger partial charge in [0, 0.05) is 38.8 Å². The van der Waals surface area contributed by atoms with Gasteiger partial charge in [0.25, 0.3) is 0 Å². The molecule has 106 valence electrons. The van der Waals surface area contributed by atoms with E-state index in [2.05, 4.69) is 27.5 Å². The molecule has 0 spiro atoms. The molecule has 0 aromatic carbocycles. The van der Waals surface area contributed by atoms with Crippen molar-refractivity contribution in [3.63, 3.8) is 0 Å². The van der Waals surface area contributed by atoms with Crippen molar-refractivity contribution in [3.05, 3.63) is 11.4 Å². The van der Waals surface area contributed by atoms with Gasteiger partial charge in [0.05, 0.1) is 0 Å². The smallest absolute Gasteiger partial charge is 0.134 e. The summed E-state index contributed by atoms with van der Waals surface area (Å²) < 4.78 is 5.39. The number of rotatable bonds is 6. The summed E-state index contributed by atoms with van der Waals surface area (Å²) in [5.41, 5.74) is 1.09. The summed E-state index contributed by atoms with van der Waals surface area (Å²) in [7, 11) is 1.90. The highest BCUT2D eigenvalue weighted by Crippen LogP contribution is 2.21. The largest absolute Gasteiger partial charge is 0.381 e. The van der Waals surface area contributed by atoms with Crippen LogP contribution in [0.4, 0.5) is 11.6 Å². The lowest BCUT2D eigenvalue weighted by molar-refractivity contribution is 0.185. The molecule has 0 saturated carbocycles. The highest BCUT2D eigenvalue weighted by atomic mass is 16.5. The molecule has 5 nitrogen and oxygen atoms in total. The van der Waals surface area contributed by atoms with Crippen molar-refractivity contribution in [1.29, 1.82) is 0 Å². The summed E-state index contributed by atoms with van der Waals surface area (Å²) in [6.45, 7) is 6.89. The van der Waals surface area contributed by atoms with E-state index in [1.807, 2.05) is 14.0 Å². The number of aryl methyl sites for hydroxylation is 1. The van der Waals surface area contributed by atoms with Crippen LogP contribution in [0.25, 0.3) is 0 Å². The molecule has 5 heteroatoms. The highest BCUT2D eigenvalue weighted by molar-refractivity contribution is 5.56. The first-order chi connectivity index (χ1) is 9.24. The van der Waals surface area contributed by atoms with Crippen LogP contribution in [-0.4, -0.2) is 36.8 Å². The van der Waals surface area contributed by atoms with E-state index in [1.165, 1.54) is 6.42 Å². The molecule has 0 aliphatic carbocycles. The van der Waals surface area contributed by atoms with Gasteiger partial charge in [-0.25, -0.2) is 9.97 Å². The zero-order valence-corrected chi connectivity index (χ0v) is 12.1. The van der Waals surface area contributed by atoms with Crippen LogP contribution in [0, 0.1) is 12.8 Å². The van der Waals surface area contributed by atoms with E-state index in [-0.39, 0.29) is 0 Å². The summed E-state index contributed by atoms with van der Waals surface area (Å²) in [6, 6.07) is 0. The molecule has 1 aromatic heterocycles. The second-order valence-corrected chi connectivity index (χ2v) is 5.01. The SMILES string of the molecule is CCc1nc(NC)c(C)c(NCCC2CCOC2)n1. The Labute approximate surface area is 115 Å². The minimum Gasteiger partial charge on any atom is -0.381 e. The number of hydrogen-bond donors (Lipinski definition) is 2. The lowest BCUT2D eigenvalue weighted by Crippen LogP contribution is -2.13. The van der Waals surface area contributed by atoms with Crippen LogP contribution >= 0.6 is 0 Å². The molecule has 0 radical (unpaired) electrons. The van der Waals surface area contributed by atoms with Crippen LogP contribution in [-0.2, 0) is 11.2 Å². The summed E-state index contributed by atoms with van der Waals surface area (Å²) in [6.07, 6.45) is 3.17. The maximum Gasteiger partial charge on any atom is 0.134 e. The van der Waals surface area contributed by atoms with Gasteiger partial charge in [-0.1, -0.05) is 6.92 Å². The van der Waals surface area contributed by atoms with Crippen molar-refractivity contribution in [1.82, 2.24) is 9.97 Å². The van der Waals surface area contributed by atoms with Gasteiger partial charge < -0.3 is 15.4 Å². The average molecular weight is 264 g/mol. The molecule has 2 rings (SSSR count). The van der Waals surface area contributed by atoms with Crippen LogP contribution < -0.4 is 10.6 Å². The number of nitrogens with zero attached hydrogens (tertiary/aromatic N) is 2. The first-order valence-electron chi connectivity index (χ1n) is 7.11. The van der Waals surface area contributed by atoms with Gasteiger partial charge in [-0.3, -0.25) is 0 Å². The van der Waals surface area contributed by atoms with E-state index in [0.717, 1.165) is 55.6 Å². The van der Waals surface area contributed by atoms with Gasteiger partial charge in [0.2, 0.25) is 0 Å². The summed E-state index contributed by atoms with van der Waals surface area (Å²) in [5.74, 6) is 3.44. The molecule has 1 fully saturated rings. The lowest BCUT2D eigenvalue weighted by Gasteiger charge is -2.14. The quantitative estimate of drug-likeness (QED) is 0.825. The Morgan fingerprint density at radius 3 is 2.74 bits per heavy atom. The monoisotopic (exact) mass is 264 g/mol. The normalized spacial score (nSPS) is 18.6. The van der Waals surface area contributed by atoms with E-state index in [0.29, 0.717) is 5.92 Å².